The Hall–Kier alpha value is -3.19. The molecular formula is C22H21FN2O3S. The van der Waals surface area contributed by atoms with Gasteiger partial charge in [0.25, 0.3) is 11.8 Å². The first-order valence-corrected chi connectivity index (χ1v) is 9.86. The number of methoxy groups -OCH3 is 1. The third-order valence-electron chi connectivity index (χ3n) is 4.31. The standard InChI is InChI=1S/C22H21FN2O3S/c1-14-12-19(25-21(26)16-4-3-5-17(23)13-16)29-20(14)22(27)24-11-10-15-6-8-18(28-2)9-7-15/h3-9,12-13H,10-11H2,1-2H3,(H,24,27)(H,25,26). The van der Waals surface area contributed by atoms with Crippen LogP contribution in [0.25, 0.3) is 0 Å². The van der Waals surface area contributed by atoms with Gasteiger partial charge in [0, 0.05) is 12.1 Å². The van der Waals surface area contributed by atoms with Crippen molar-refractivity contribution in [1.29, 1.82) is 0 Å². The summed E-state index contributed by atoms with van der Waals surface area (Å²) in [5.74, 6) is -0.291. The van der Waals surface area contributed by atoms with Gasteiger partial charge in [0.05, 0.1) is 17.0 Å². The van der Waals surface area contributed by atoms with Gasteiger partial charge in [-0.15, -0.1) is 11.3 Å². The van der Waals surface area contributed by atoms with Crippen LogP contribution in [0.1, 0.15) is 31.2 Å². The maximum absolute atomic E-state index is 13.3. The zero-order chi connectivity index (χ0) is 20.8. The third kappa shape index (κ3) is 5.42. The Morgan fingerprint density at radius 1 is 1.07 bits per heavy atom. The van der Waals surface area contributed by atoms with E-state index in [1.54, 1.807) is 13.2 Å². The van der Waals surface area contributed by atoms with E-state index in [0.29, 0.717) is 22.8 Å². The number of anilines is 1. The molecule has 3 rings (SSSR count). The Labute approximate surface area is 172 Å². The first-order valence-electron chi connectivity index (χ1n) is 9.05. The van der Waals surface area contributed by atoms with Crippen molar-refractivity contribution in [3.05, 3.63) is 82.0 Å². The zero-order valence-electron chi connectivity index (χ0n) is 16.1. The minimum Gasteiger partial charge on any atom is -0.497 e. The molecule has 0 atom stereocenters. The molecule has 0 aliphatic carbocycles. The van der Waals surface area contributed by atoms with Crippen LogP contribution >= 0.6 is 11.3 Å². The van der Waals surface area contributed by atoms with Gasteiger partial charge in [0.1, 0.15) is 11.6 Å². The van der Waals surface area contributed by atoms with Gasteiger partial charge in [-0.3, -0.25) is 9.59 Å². The number of aryl methyl sites for hydroxylation is 1. The molecule has 5 nitrogen and oxygen atoms in total. The summed E-state index contributed by atoms with van der Waals surface area (Å²) in [5, 5.41) is 6.15. The Morgan fingerprint density at radius 2 is 1.83 bits per heavy atom. The van der Waals surface area contributed by atoms with Gasteiger partial charge < -0.3 is 15.4 Å². The second kappa shape index (κ2) is 9.34. The van der Waals surface area contributed by atoms with Crippen molar-refractivity contribution in [2.45, 2.75) is 13.3 Å². The van der Waals surface area contributed by atoms with E-state index in [1.807, 2.05) is 31.2 Å². The summed E-state index contributed by atoms with van der Waals surface area (Å²) >= 11 is 1.19. The summed E-state index contributed by atoms with van der Waals surface area (Å²) in [4.78, 5) is 25.3. The van der Waals surface area contributed by atoms with E-state index in [-0.39, 0.29) is 11.5 Å². The van der Waals surface area contributed by atoms with Crippen molar-refractivity contribution in [1.82, 2.24) is 5.32 Å². The summed E-state index contributed by atoms with van der Waals surface area (Å²) in [6.45, 7) is 2.31. The van der Waals surface area contributed by atoms with Crippen molar-refractivity contribution in [2.24, 2.45) is 0 Å². The topological polar surface area (TPSA) is 67.4 Å². The molecule has 0 aliphatic heterocycles. The molecule has 0 bridgehead atoms. The highest BCUT2D eigenvalue weighted by molar-refractivity contribution is 7.18. The molecule has 0 radical (unpaired) electrons. The van der Waals surface area contributed by atoms with Gasteiger partial charge in [-0.25, -0.2) is 4.39 Å². The predicted octanol–water partition coefficient (Wildman–Crippen LogP) is 4.43. The molecule has 2 N–H and O–H groups in total. The van der Waals surface area contributed by atoms with Gasteiger partial charge in [0.2, 0.25) is 0 Å². The van der Waals surface area contributed by atoms with Crippen LogP contribution in [0.3, 0.4) is 0 Å². The van der Waals surface area contributed by atoms with Gasteiger partial charge in [-0.2, -0.15) is 0 Å². The van der Waals surface area contributed by atoms with Gasteiger partial charge in [-0.1, -0.05) is 18.2 Å². The molecule has 150 valence electrons. The third-order valence-corrected chi connectivity index (χ3v) is 5.46. The normalized spacial score (nSPS) is 10.4. The van der Waals surface area contributed by atoms with E-state index in [1.165, 1.54) is 35.6 Å². The lowest BCUT2D eigenvalue weighted by atomic mass is 10.1. The van der Waals surface area contributed by atoms with Crippen molar-refractivity contribution < 1.29 is 18.7 Å². The number of carbonyl (C=O) groups is 2. The molecule has 7 heteroatoms. The molecule has 2 aromatic carbocycles. The Kier molecular flexibility index (Phi) is 6.61. The molecule has 0 aliphatic rings. The summed E-state index contributed by atoms with van der Waals surface area (Å²) in [6, 6.07) is 14.9. The first-order chi connectivity index (χ1) is 14.0. The highest BCUT2D eigenvalue weighted by Gasteiger charge is 2.15. The van der Waals surface area contributed by atoms with Gasteiger partial charge in [-0.05, 0) is 60.9 Å². The largest absolute Gasteiger partial charge is 0.497 e. The highest BCUT2D eigenvalue weighted by atomic mass is 32.1. The van der Waals surface area contributed by atoms with Crippen LogP contribution in [0.2, 0.25) is 0 Å². The van der Waals surface area contributed by atoms with Crippen LogP contribution in [0, 0.1) is 12.7 Å². The lowest BCUT2D eigenvalue weighted by molar-refractivity contribution is 0.0956. The minimum atomic E-state index is -0.475. The molecule has 2 amide bonds. The lowest BCUT2D eigenvalue weighted by Crippen LogP contribution is -2.25. The number of halogens is 1. The highest BCUT2D eigenvalue weighted by Crippen LogP contribution is 2.27. The summed E-state index contributed by atoms with van der Waals surface area (Å²) < 4.78 is 18.4. The Morgan fingerprint density at radius 3 is 2.52 bits per heavy atom. The number of nitrogens with one attached hydrogen (secondary N) is 2. The van der Waals surface area contributed by atoms with Crippen LogP contribution in [0.4, 0.5) is 9.39 Å². The molecule has 1 heterocycles. The fourth-order valence-corrected chi connectivity index (χ4v) is 3.76. The van der Waals surface area contributed by atoms with Crippen molar-refractivity contribution in [3.63, 3.8) is 0 Å². The summed E-state index contributed by atoms with van der Waals surface area (Å²) in [5.41, 5.74) is 2.09. The second-order valence-electron chi connectivity index (χ2n) is 6.44. The number of rotatable bonds is 7. The first kappa shape index (κ1) is 20.5. The van der Waals surface area contributed by atoms with E-state index in [9.17, 15) is 14.0 Å². The number of amides is 2. The number of benzene rings is 2. The van der Waals surface area contributed by atoms with Crippen LogP contribution in [0.15, 0.2) is 54.6 Å². The zero-order valence-corrected chi connectivity index (χ0v) is 16.9. The average Bonchev–Trinajstić information content (AvgIpc) is 3.08. The minimum absolute atomic E-state index is 0.188. The summed E-state index contributed by atoms with van der Waals surface area (Å²) in [6.07, 6.45) is 0.698. The maximum atomic E-state index is 13.3. The molecule has 29 heavy (non-hydrogen) atoms. The monoisotopic (exact) mass is 412 g/mol. The van der Waals surface area contributed by atoms with Crippen molar-refractivity contribution >= 4 is 28.2 Å². The molecule has 0 saturated carbocycles. The fourth-order valence-electron chi connectivity index (χ4n) is 2.78. The van der Waals surface area contributed by atoms with E-state index in [2.05, 4.69) is 10.6 Å². The fraction of sp³-hybridized carbons (Fsp3) is 0.182. The van der Waals surface area contributed by atoms with E-state index < -0.39 is 11.7 Å². The lowest BCUT2D eigenvalue weighted by Gasteiger charge is -2.06. The average molecular weight is 412 g/mol. The second-order valence-corrected chi connectivity index (χ2v) is 7.49. The van der Waals surface area contributed by atoms with Crippen LogP contribution in [-0.4, -0.2) is 25.5 Å². The molecule has 0 spiro atoms. The number of hydrogen-bond donors (Lipinski definition) is 2. The number of hydrogen-bond acceptors (Lipinski definition) is 4. The number of ether oxygens (including phenoxy) is 1. The number of thiophene rings is 1. The van der Waals surface area contributed by atoms with Crippen LogP contribution in [0.5, 0.6) is 5.75 Å². The number of carbonyl (C=O) groups excluding carboxylic acids is 2. The predicted molar refractivity (Wildman–Crippen MR) is 112 cm³/mol. The van der Waals surface area contributed by atoms with E-state index in [4.69, 9.17) is 4.74 Å². The smallest absolute Gasteiger partial charge is 0.261 e. The van der Waals surface area contributed by atoms with Gasteiger partial charge in [0.15, 0.2) is 0 Å². The molecular weight excluding hydrogens is 391 g/mol. The van der Waals surface area contributed by atoms with Crippen LogP contribution in [-0.2, 0) is 6.42 Å². The van der Waals surface area contributed by atoms with Crippen LogP contribution < -0.4 is 15.4 Å². The van der Waals surface area contributed by atoms with E-state index >= 15 is 0 Å². The Balaban J connectivity index is 1.57. The summed E-state index contributed by atoms with van der Waals surface area (Å²) in [7, 11) is 1.62. The van der Waals surface area contributed by atoms with E-state index in [0.717, 1.165) is 16.9 Å². The Bertz CT molecular complexity index is 1020. The SMILES string of the molecule is COc1ccc(CCNC(=O)c2sc(NC(=O)c3cccc(F)c3)cc2C)cc1. The van der Waals surface area contributed by atoms with Crippen molar-refractivity contribution in [3.8, 4) is 5.75 Å². The van der Waals surface area contributed by atoms with Crippen molar-refractivity contribution in [2.75, 3.05) is 19.0 Å². The molecule has 1 aromatic heterocycles. The maximum Gasteiger partial charge on any atom is 0.261 e. The molecule has 3 aromatic rings. The van der Waals surface area contributed by atoms with Gasteiger partial charge >= 0.3 is 0 Å². The molecule has 0 unspecified atom stereocenters. The molecule has 0 saturated heterocycles. The molecule has 0 fully saturated rings. The quantitative estimate of drug-likeness (QED) is 0.603.